The molecule has 2 heterocycles. The lowest BCUT2D eigenvalue weighted by Crippen LogP contribution is -2.34. The summed E-state index contributed by atoms with van der Waals surface area (Å²) in [5, 5.41) is 8.19. The Labute approximate surface area is 113 Å². The van der Waals surface area contributed by atoms with Gasteiger partial charge in [0.25, 0.3) is 5.56 Å². The number of aromatic nitrogens is 4. The zero-order valence-electron chi connectivity index (χ0n) is 11.0. The van der Waals surface area contributed by atoms with Gasteiger partial charge < -0.3 is 0 Å². The molecule has 0 bridgehead atoms. The van der Waals surface area contributed by atoms with E-state index in [1.54, 1.807) is 38.1 Å². The summed E-state index contributed by atoms with van der Waals surface area (Å²) in [6, 6.07) is 8.78. The van der Waals surface area contributed by atoms with Crippen LogP contribution in [0, 0.1) is 13.8 Å². The largest absolute Gasteiger partial charge is 0.334 e. The molecular formula is C14H12N4O2. The van der Waals surface area contributed by atoms with Gasteiger partial charge in [-0.25, -0.2) is 9.36 Å². The molecule has 0 amide bonds. The van der Waals surface area contributed by atoms with E-state index in [-0.39, 0.29) is 11.2 Å². The van der Waals surface area contributed by atoms with Crippen LogP contribution in [0.25, 0.3) is 16.7 Å². The maximum atomic E-state index is 12.6. The summed E-state index contributed by atoms with van der Waals surface area (Å²) in [4.78, 5) is 27.3. The molecule has 0 spiro atoms. The van der Waals surface area contributed by atoms with Crippen LogP contribution >= 0.6 is 0 Å². The molecule has 0 fully saturated rings. The Morgan fingerprint density at radius 3 is 2.45 bits per heavy atom. The molecular weight excluding hydrogens is 256 g/mol. The van der Waals surface area contributed by atoms with E-state index in [1.165, 1.54) is 0 Å². The molecule has 3 rings (SSSR count). The third-order valence-electron chi connectivity index (χ3n) is 3.31. The third-order valence-corrected chi connectivity index (χ3v) is 3.31. The van der Waals surface area contributed by atoms with Crippen molar-refractivity contribution in [3.63, 3.8) is 0 Å². The van der Waals surface area contributed by atoms with Gasteiger partial charge in [-0.05, 0) is 31.5 Å². The maximum Gasteiger partial charge on any atom is 0.334 e. The van der Waals surface area contributed by atoms with E-state index in [4.69, 9.17) is 0 Å². The van der Waals surface area contributed by atoms with Crippen molar-refractivity contribution in [3.05, 3.63) is 62.4 Å². The van der Waals surface area contributed by atoms with Crippen LogP contribution in [0.5, 0.6) is 0 Å². The van der Waals surface area contributed by atoms with Crippen molar-refractivity contribution < 1.29 is 0 Å². The predicted molar refractivity (Wildman–Crippen MR) is 75.2 cm³/mol. The number of para-hydroxylation sites is 1. The minimum absolute atomic E-state index is 0.218. The number of aryl methyl sites for hydroxylation is 2. The molecule has 6 nitrogen and oxygen atoms in total. The number of benzene rings is 1. The Hall–Kier alpha value is -2.76. The molecule has 0 saturated heterocycles. The Morgan fingerprint density at radius 1 is 1.05 bits per heavy atom. The fourth-order valence-corrected chi connectivity index (χ4v) is 2.13. The average molecular weight is 268 g/mol. The number of hydrogen-bond acceptors (Lipinski definition) is 4. The molecule has 0 aliphatic heterocycles. The van der Waals surface area contributed by atoms with E-state index in [9.17, 15) is 9.59 Å². The van der Waals surface area contributed by atoms with Crippen LogP contribution in [0.3, 0.4) is 0 Å². The number of fused-ring (bicyclic) bond motifs is 1. The van der Waals surface area contributed by atoms with Gasteiger partial charge in [-0.1, -0.05) is 18.2 Å². The molecule has 1 aromatic carbocycles. The molecule has 0 aliphatic carbocycles. The SMILES string of the molecule is Cc1nnc2[nH]c(=O)n(-c3ccccc3)c(=O)c2c1C. The van der Waals surface area contributed by atoms with Gasteiger partial charge in [-0.2, -0.15) is 5.10 Å². The van der Waals surface area contributed by atoms with Gasteiger partial charge in [-0.3, -0.25) is 9.78 Å². The summed E-state index contributed by atoms with van der Waals surface area (Å²) in [6.45, 7) is 3.57. The van der Waals surface area contributed by atoms with Crippen molar-refractivity contribution in [1.29, 1.82) is 0 Å². The number of aromatic amines is 1. The highest BCUT2D eigenvalue weighted by molar-refractivity contribution is 5.77. The van der Waals surface area contributed by atoms with Crippen molar-refractivity contribution in [3.8, 4) is 5.69 Å². The number of rotatable bonds is 1. The lowest BCUT2D eigenvalue weighted by Gasteiger charge is -2.07. The second-order valence-electron chi connectivity index (χ2n) is 4.54. The van der Waals surface area contributed by atoms with Crippen LogP contribution < -0.4 is 11.2 Å². The fourth-order valence-electron chi connectivity index (χ4n) is 2.13. The zero-order chi connectivity index (χ0) is 14.3. The second kappa shape index (κ2) is 4.41. The van der Waals surface area contributed by atoms with Crippen LogP contribution in [0.4, 0.5) is 0 Å². The standard InChI is InChI=1S/C14H12N4O2/c1-8-9(2)16-17-12-11(8)13(19)18(14(20)15-12)10-6-4-3-5-7-10/h3-7H,1-2H3,(H,15,17,20). The van der Waals surface area contributed by atoms with Gasteiger partial charge in [0.2, 0.25) is 0 Å². The van der Waals surface area contributed by atoms with Gasteiger partial charge in [0.1, 0.15) is 0 Å². The van der Waals surface area contributed by atoms with Crippen LogP contribution in [0.2, 0.25) is 0 Å². The first kappa shape index (κ1) is 12.3. The van der Waals surface area contributed by atoms with Crippen molar-refractivity contribution >= 4 is 11.0 Å². The average Bonchev–Trinajstić information content (AvgIpc) is 2.44. The summed E-state index contributed by atoms with van der Waals surface area (Å²) in [5.41, 5.74) is 1.23. The number of H-pyrrole nitrogens is 1. The molecule has 6 heteroatoms. The molecule has 2 aromatic heterocycles. The Bertz CT molecular complexity index is 910. The predicted octanol–water partition coefficient (Wildman–Crippen LogP) is 1.09. The highest BCUT2D eigenvalue weighted by atomic mass is 16.2. The van der Waals surface area contributed by atoms with Gasteiger partial charge in [0.15, 0.2) is 5.65 Å². The summed E-state index contributed by atoms with van der Waals surface area (Å²) in [7, 11) is 0. The van der Waals surface area contributed by atoms with Crippen molar-refractivity contribution in [2.75, 3.05) is 0 Å². The van der Waals surface area contributed by atoms with E-state index in [0.717, 1.165) is 10.1 Å². The minimum Gasteiger partial charge on any atom is -0.289 e. The van der Waals surface area contributed by atoms with Crippen LogP contribution in [-0.4, -0.2) is 19.7 Å². The highest BCUT2D eigenvalue weighted by Gasteiger charge is 2.13. The van der Waals surface area contributed by atoms with E-state index in [0.29, 0.717) is 16.8 Å². The Kier molecular flexibility index (Phi) is 2.71. The van der Waals surface area contributed by atoms with Crippen LogP contribution in [-0.2, 0) is 0 Å². The topological polar surface area (TPSA) is 80.6 Å². The molecule has 0 atom stereocenters. The van der Waals surface area contributed by atoms with Gasteiger partial charge >= 0.3 is 5.69 Å². The molecule has 0 radical (unpaired) electrons. The summed E-state index contributed by atoms with van der Waals surface area (Å²) >= 11 is 0. The molecule has 20 heavy (non-hydrogen) atoms. The number of hydrogen-bond donors (Lipinski definition) is 1. The van der Waals surface area contributed by atoms with E-state index >= 15 is 0 Å². The molecule has 3 aromatic rings. The molecule has 1 N–H and O–H groups in total. The van der Waals surface area contributed by atoms with E-state index < -0.39 is 5.69 Å². The first-order valence-electron chi connectivity index (χ1n) is 6.14. The van der Waals surface area contributed by atoms with Crippen LogP contribution in [0.1, 0.15) is 11.3 Å². The van der Waals surface area contributed by atoms with Crippen molar-refractivity contribution in [1.82, 2.24) is 19.7 Å². The number of nitrogens with zero attached hydrogens (tertiary/aromatic N) is 3. The lowest BCUT2D eigenvalue weighted by atomic mass is 10.2. The van der Waals surface area contributed by atoms with Gasteiger partial charge in [0, 0.05) is 0 Å². The summed E-state index contributed by atoms with van der Waals surface area (Å²) in [6.07, 6.45) is 0. The quantitative estimate of drug-likeness (QED) is 0.716. The smallest absolute Gasteiger partial charge is 0.289 e. The summed E-state index contributed by atoms with van der Waals surface area (Å²) < 4.78 is 1.11. The monoisotopic (exact) mass is 268 g/mol. The zero-order valence-corrected chi connectivity index (χ0v) is 11.0. The molecule has 0 aliphatic rings. The Morgan fingerprint density at radius 2 is 1.75 bits per heavy atom. The third kappa shape index (κ3) is 1.73. The highest BCUT2D eigenvalue weighted by Crippen LogP contribution is 2.11. The molecule has 100 valence electrons. The van der Waals surface area contributed by atoms with E-state index in [1.807, 2.05) is 6.07 Å². The normalized spacial score (nSPS) is 10.9. The first-order valence-corrected chi connectivity index (χ1v) is 6.14. The minimum atomic E-state index is -0.522. The van der Waals surface area contributed by atoms with Crippen LogP contribution in [0.15, 0.2) is 39.9 Å². The second-order valence-corrected chi connectivity index (χ2v) is 4.54. The van der Waals surface area contributed by atoms with Gasteiger partial charge in [-0.15, -0.1) is 5.10 Å². The van der Waals surface area contributed by atoms with Crippen molar-refractivity contribution in [2.24, 2.45) is 0 Å². The molecule has 0 unspecified atom stereocenters. The van der Waals surface area contributed by atoms with E-state index in [2.05, 4.69) is 15.2 Å². The lowest BCUT2D eigenvalue weighted by molar-refractivity contribution is 0.875. The number of nitrogens with one attached hydrogen (secondary N) is 1. The van der Waals surface area contributed by atoms with Gasteiger partial charge in [0.05, 0.1) is 16.8 Å². The molecule has 0 saturated carbocycles. The first-order chi connectivity index (χ1) is 9.59. The summed E-state index contributed by atoms with van der Waals surface area (Å²) in [5.74, 6) is 0. The maximum absolute atomic E-state index is 12.6. The fraction of sp³-hybridized carbons (Fsp3) is 0.143. The Balaban J connectivity index is 2.50. The van der Waals surface area contributed by atoms with Crippen molar-refractivity contribution in [2.45, 2.75) is 13.8 Å².